The summed E-state index contributed by atoms with van der Waals surface area (Å²) in [5.74, 6) is 8.98. The lowest BCUT2D eigenvalue weighted by atomic mass is 10.2. The van der Waals surface area contributed by atoms with E-state index in [0.717, 1.165) is 22.6 Å². The van der Waals surface area contributed by atoms with E-state index in [1.165, 1.54) is 4.90 Å². The first kappa shape index (κ1) is 29.0. The third-order valence-electron chi connectivity index (χ3n) is 6.11. The zero-order valence-corrected chi connectivity index (χ0v) is 23.3. The number of aryl methyl sites for hydroxylation is 1. The second-order valence-corrected chi connectivity index (χ2v) is 8.98. The van der Waals surface area contributed by atoms with E-state index >= 15 is 0 Å². The van der Waals surface area contributed by atoms with Gasteiger partial charge in [-0.3, -0.25) is 4.90 Å². The molecule has 1 amide bonds. The molecule has 0 saturated carbocycles. The first-order valence-corrected chi connectivity index (χ1v) is 13.0. The van der Waals surface area contributed by atoms with Crippen molar-refractivity contribution >= 4 is 11.9 Å². The van der Waals surface area contributed by atoms with Crippen LogP contribution in [0.15, 0.2) is 88.4 Å². The minimum absolute atomic E-state index is 0.0899. The lowest BCUT2D eigenvalue weighted by molar-refractivity contribution is 0.156. The van der Waals surface area contributed by atoms with Gasteiger partial charge in [-0.25, -0.2) is 15.2 Å². The highest BCUT2D eigenvalue weighted by Gasteiger charge is 2.19. The molecule has 3 aromatic carbocycles. The standard InChI is InChI=1S/C30H34N6O5/c1-21-27(33-29(40-21)23-7-5-4-6-8-23)17-18-39-25-11-9-22(10-12-25)19-36(20-28(34-31)35-32-2)30(37)41-26-15-13-24(38-3)14-16-26/h4-16,32H,17-20,31H2,1-3H3,(H,34,35). The van der Waals surface area contributed by atoms with Crippen molar-refractivity contribution in [3.05, 3.63) is 95.9 Å². The molecular formula is C30H34N6O5. The third-order valence-corrected chi connectivity index (χ3v) is 6.11. The van der Waals surface area contributed by atoms with E-state index in [2.05, 4.69) is 20.9 Å². The molecule has 0 fully saturated rings. The van der Waals surface area contributed by atoms with Crippen molar-refractivity contribution < 1.29 is 23.4 Å². The number of nitrogens with one attached hydrogen (secondary N) is 2. The maximum Gasteiger partial charge on any atom is 0.415 e. The molecule has 0 spiro atoms. The number of hydrazone groups is 1. The van der Waals surface area contributed by atoms with Gasteiger partial charge in [0.15, 0.2) is 5.84 Å². The minimum atomic E-state index is -0.563. The Morgan fingerprint density at radius 1 is 1.00 bits per heavy atom. The first-order valence-electron chi connectivity index (χ1n) is 13.0. The maximum absolute atomic E-state index is 13.1. The number of amidine groups is 1. The Balaban J connectivity index is 1.36. The number of hydrazine groups is 1. The Labute approximate surface area is 238 Å². The number of carbonyl (C=O) groups excluding carboxylic acids is 1. The van der Waals surface area contributed by atoms with Crippen molar-refractivity contribution in [3.63, 3.8) is 0 Å². The van der Waals surface area contributed by atoms with Gasteiger partial charge < -0.3 is 29.9 Å². The van der Waals surface area contributed by atoms with E-state index in [1.54, 1.807) is 38.4 Å². The number of aromatic nitrogens is 1. The van der Waals surface area contributed by atoms with Gasteiger partial charge in [-0.2, -0.15) is 5.10 Å². The summed E-state index contributed by atoms with van der Waals surface area (Å²) in [5, 5.41) is 3.71. The zero-order valence-electron chi connectivity index (χ0n) is 23.3. The number of oxazole rings is 1. The van der Waals surface area contributed by atoms with Crippen LogP contribution in [0.3, 0.4) is 0 Å². The van der Waals surface area contributed by atoms with Gasteiger partial charge in [0.05, 0.1) is 26.0 Å². The highest BCUT2D eigenvalue weighted by atomic mass is 16.6. The fourth-order valence-electron chi connectivity index (χ4n) is 3.97. The van der Waals surface area contributed by atoms with E-state index in [9.17, 15) is 4.79 Å². The average Bonchev–Trinajstić information content (AvgIpc) is 3.38. The van der Waals surface area contributed by atoms with Crippen LogP contribution in [-0.2, 0) is 13.0 Å². The average molecular weight is 559 g/mol. The Morgan fingerprint density at radius 2 is 1.68 bits per heavy atom. The van der Waals surface area contributed by atoms with Gasteiger partial charge in [-0.15, -0.1) is 0 Å². The van der Waals surface area contributed by atoms with Gasteiger partial charge in [0.25, 0.3) is 0 Å². The number of amides is 1. The summed E-state index contributed by atoms with van der Waals surface area (Å²) in [7, 11) is 3.25. The van der Waals surface area contributed by atoms with Crippen molar-refractivity contribution in [2.75, 3.05) is 27.3 Å². The smallest absolute Gasteiger partial charge is 0.415 e. The molecule has 0 atom stereocenters. The van der Waals surface area contributed by atoms with Crippen LogP contribution in [0.1, 0.15) is 17.0 Å². The van der Waals surface area contributed by atoms with Crippen LogP contribution in [0.2, 0.25) is 0 Å². The molecule has 4 N–H and O–H groups in total. The second kappa shape index (κ2) is 14.4. The Morgan fingerprint density at radius 3 is 2.34 bits per heavy atom. The zero-order chi connectivity index (χ0) is 29.0. The molecule has 4 rings (SSSR count). The Kier molecular flexibility index (Phi) is 10.2. The number of nitrogens with two attached hydrogens (primary N) is 1. The number of hydrogen-bond donors (Lipinski definition) is 3. The number of rotatable bonds is 12. The number of nitrogens with zero attached hydrogens (tertiary/aromatic N) is 3. The quantitative estimate of drug-likeness (QED) is 0.101. The van der Waals surface area contributed by atoms with E-state index in [1.807, 2.05) is 61.5 Å². The molecule has 11 nitrogen and oxygen atoms in total. The molecular weight excluding hydrogens is 524 g/mol. The number of ether oxygens (including phenoxy) is 3. The summed E-state index contributed by atoms with van der Waals surface area (Å²) < 4.78 is 22.5. The van der Waals surface area contributed by atoms with Crippen LogP contribution < -0.4 is 30.9 Å². The lowest BCUT2D eigenvalue weighted by Crippen LogP contribution is -2.45. The monoisotopic (exact) mass is 558 g/mol. The summed E-state index contributed by atoms with van der Waals surface area (Å²) in [5.41, 5.74) is 8.24. The SMILES string of the molecule is CNN/C(CN(Cc1ccc(OCCc2nc(-c3ccccc3)oc2C)cc1)C(=O)Oc1ccc(OC)cc1)=N\N. The van der Waals surface area contributed by atoms with E-state index in [0.29, 0.717) is 42.0 Å². The van der Waals surface area contributed by atoms with Gasteiger partial charge in [-0.1, -0.05) is 30.3 Å². The van der Waals surface area contributed by atoms with E-state index in [4.69, 9.17) is 24.5 Å². The van der Waals surface area contributed by atoms with Crippen LogP contribution >= 0.6 is 0 Å². The van der Waals surface area contributed by atoms with Gasteiger partial charge >= 0.3 is 6.09 Å². The van der Waals surface area contributed by atoms with Gasteiger partial charge in [-0.05, 0) is 61.0 Å². The summed E-state index contributed by atoms with van der Waals surface area (Å²) in [6, 6.07) is 24.0. The van der Waals surface area contributed by atoms with Gasteiger partial charge in [0.2, 0.25) is 5.89 Å². The Bertz CT molecular complexity index is 1420. The molecule has 0 saturated heterocycles. The van der Waals surface area contributed by atoms with E-state index < -0.39 is 6.09 Å². The highest BCUT2D eigenvalue weighted by Crippen LogP contribution is 2.22. The van der Waals surface area contributed by atoms with Crippen molar-refractivity contribution in [2.45, 2.75) is 19.9 Å². The van der Waals surface area contributed by atoms with Crippen LogP contribution in [-0.4, -0.2) is 49.1 Å². The largest absolute Gasteiger partial charge is 0.497 e. The molecule has 1 aromatic heterocycles. The lowest BCUT2D eigenvalue weighted by Gasteiger charge is -2.23. The van der Waals surface area contributed by atoms with Crippen molar-refractivity contribution in [1.82, 2.24) is 20.7 Å². The van der Waals surface area contributed by atoms with E-state index in [-0.39, 0.29) is 13.1 Å². The summed E-state index contributed by atoms with van der Waals surface area (Å²) in [6.45, 7) is 2.68. The van der Waals surface area contributed by atoms with Crippen LogP contribution in [0.5, 0.6) is 17.2 Å². The van der Waals surface area contributed by atoms with Gasteiger partial charge in [0.1, 0.15) is 23.0 Å². The molecule has 0 unspecified atom stereocenters. The normalized spacial score (nSPS) is 11.1. The van der Waals surface area contributed by atoms with Gasteiger partial charge in [0, 0.05) is 25.6 Å². The molecule has 11 heteroatoms. The minimum Gasteiger partial charge on any atom is -0.497 e. The van der Waals surface area contributed by atoms with Crippen LogP contribution in [0.25, 0.3) is 11.5 Å². The molecule has 41 heavy (non-hydrogen) atoms. The van der Waals surface area contributed by atoms with Crippen molar-refractivity contribution in [1.29, 1.82) is 0 Å². The number of hydrogen-bond acceptors (Lipinski definition) is 9. The molecule has 4 aromatic rings. The Hall–Kier alpha value is -5.03. The first-order chi connectivity index (χ1) is 20.0. The molecule has 0 radical (unpaired) electrons. The van der Waals surface area contributed by atoms with Crippen molar-refractivity contribution in [2.24, 2.45) is 10.9 Å². The fraction of sp³-hybridized carbons (Fsp3) is 0.233. The molecule has 0 aliphatic rings. The number of methoxy groups -OCH3 is 1. The molecule has 214 valence electrons. The summed E-state index contributed by atoms with van der Waals surface area (Å²) in [6.07, 6.45) is 0.0431. The van der Waals surface area contributed by atoms with Crippen molar-refractivity contribution in [3.8, 4) is 28.7 Å². The molecule has 1 heterocycles. The molecule has 0 aliphatic heterocycles. The maximum atomic E-state index is 13.1. The van der Waals surface area contributed by atoms with Crippen LogP contribution in [0.4, 0.5) is 4.79 Å². The predicted octanol–water partition coefficient (Wildman–Crippen LogP) is 4.28. The number of carbonyl (C=O) groups is 1. The molecule has 0 bridgehead atoms. The second-order valence-electron chi connectivity index (χ2n) is 8.98. The number of benzene rings is 3. The predicted molar refractivity (Wildman–Crippen MR) is 156 cm³/mol. The third kappa shape index (κ3) is 8.23. The molecule has 0 aliphatic carbocycles. The van der Waals surface area contributed by atoms with Crippen LogP contribution in [0, 0.1) is 6.92 Å². The fourth-order valence-corrected chi connectivity index (χ4v) is 3.97. The summed E-state index contributed by atoms with van der Waals surface area (Å²) >= 11 is 0. The highest BCUT2D eigenvalue weighted by molar-refractivity contribution is 5.86. The topological polar surface area (TPSA) is 136 Å². The summed E-state index contributed by atoms with van der Waals surface area (Å²) in [4.78, 5) is 19.2.